The number of hydrogen-bond acceptors (Lipinski definition) is 4. The zero-order valence-electron chi connectivity index (χ0n) is 17.6. The van der Waals surface area contributed by atoms with Crippen LogP contribution in [0.5, 0.6) is 11.5 Å². The van der Waals surface area contributed by atoms with Gasteiger partial charge < -0.3 is 13.9 Å². The van der Waals surface area contributed by atoms with Crippen molar-refractivity contribution in [3.8, 4) is 22.6 Å². The third-order valence-corrected chi connectivity index (χ3v) is 5.85. The summed E-state index contributed by atoms with van der Waals surface area (Å²) < 4.78 is 17.0. The van der Waals surface area contributed by atoms with Gasteiger partial charge in [0.1, 0.15) is 30.2 Å². The Kier molecular flexibility index (Phi) is 4.96. The molecule has 0 saturated carbocycles. The molecule has 1 N–H and O–H groups in total. The minimum absolute atomic E-state index is 0.367. The predicted molar refractivity (Wildman–Crippen MR) is 120 cm³/mol. The zero-order valence-corrected chi connectivity index (χ0v) is 17.6. The van der Waals surface area contributed by atoms with Gasteiger partial charge in [-0.1, -0.05) is 42.5 Å². The number of benzene rings is 3. The summed E-state index contributed by atoms with van der Waals surface area (Å²) in [6.45, 7) is 4.29. The minimum Gasteiger partial charge on any atom is -0.497 e. The molecule has 0 spiro atoms. The lowest BCUT2D eigenvalue weighted by Gasteiger charge is -2.27. The van der Waals surface area contributed by atoms with E-state index in [1.54, 1.807) is 13.2 Å². The number of quaternary nitrogens is 1. The van der Waals surface area contributed by atoms with E-state index in [0.717, 1.165) is 52.2 Å². The van der Waals surface area contributed by atoms with Crippen LogP contribution in [0.2, 0.25) is 0 Å². The maximum atomic E-state index is 12.3. The topological polar surface area (TPSA) is 53.1 Å². The maximum absolute atomic E-state index is 12.3. The average molecular weight is 414 g/mol. The average Bonchev–Trinajstić information content (AvgIpc) is 2.80. The lowest BCUT2D eigenvalue weighted by atomic mass is 9.96. The standard InChI is InChI=1S/C26H23NO4/c1-17-25-20(15-27(16-30-25)14-18-6-4-3-5-7-18)12-23-22(13-24(28)31-26(17)23)19-8-10-21(29-2)11-9-19/h3-13H,14-16H2,1-2H3/p+1. The summed E-state index contributed by atoms with van der Waals surface area (Å²) in [5.74, 6) is 1.61. The largest absolute Gasteiger partial charge is 0.497 e. The molecular weight excluding hydrogens is 390 g/mol. The summed E-state index contributed by atoms with van der Waals surface area (Å²) in [5, 5.41) is 0.922. The van der Waals surface area contributed by atoms with Gasteiger partial charge in [0.2, 0.25) is 6.73 Å². The van der Waals surface area contributed by atoms with Crippen LogP contribution in [-0.2, 0) is 13.1 Å². The monoisotopic (exact) mass is 414 g/mol. The van der Waals surface area contributed by atoms with E-state index in [0.29, 0.717) is 12.3 Å². The van der Waals surface area contributed by atoms with Crippen molar-refractivity contribution in [2.45, 2.75) is 20.0 Å². The van der Waals surface area contributed by atoms with Crippen LogP contribution in [0, 0.1) is 6.92 Å². The van der Waals surface area contributed by atoms with Gasteiger partial charge in [0.15, 0.2) is 0 Å². The molecule has 1 aliphatic rings. The van der Waals surface area contributed by atoms with Crippen molar-refractivity contribution in [1.82, 2.24) is 0 Å². The maximum Gasteiger partial charge on any atom is 0.336 e. The first kappa shape index (κ1) is 19.4. The van der Waals surface area contributed by atoms with Crippen molar-refractivity contribution in [3.05, 3.63) is 93.8 Å². The van der Waals surface area contributed by atoms with E-state index in [9.17, 15) is 4.79 Å². The number of nitrogens with one attached hydrogen (secondary N) is 1. The van der Waals surface area contributed by atoms with Crippen molar-refractivity contribution in [1.29, 1.82) is 0 Å². The highest BCUT2D eigenvalue weighted by atomic mass is 16.5. The van der Waals surface area contributed by atoms with Crippen molar-refractivity contribution in [3.63, 3.8) is 0 Å². The van der Waals surface area contributed by atoms with Crippen molar-refractivity contribution < 1.29 is 18.8 Å². The Morgan fingerprint density at radius 1 is 1.03 bits per heavy atom. The highest BCUT2D eigenvalue weighted by Gasteiger charge is 2.25. The summed E-state index contributed by atoms with van der Waals surface area (Å²) in [6.07, 6.45) is 0. The smallest absolute Gasteiger partial charge is 0.336 e. The Hall–Kier alpha value is -3.57. The van der Waals surface area contributed by atoms with Crippen LogP contribution in [0.25, 0.3) is 22.1 Å². The Balaban J connectivity index is 1.58. The van der Waals surface area contributed by atoms with Crippen LogP contribution in [0.3, 0.4) is 0 Å². The number of aryl methyl sites for hydroxylation is 1. The van der Waals surface area contributed by atoms with E-state index in [1.807, 2.05) is 37.3 Å². The van der Waals surface area contributed by atoms with Crippen LogP contribution < -0.4 is 20.0 Å². The van der Waals surface area contributed by atoms with E-state index < -0.39 is 0 Å². The Bertz CT molecular complexity index is 1290. The molecule has 5 heteroatoms. The molecule has 1 atom stereocenters. The number of hydrogen-bond donors (Lipinski definition) is 1. The Morgan fingerprint density at radius 3 is 2.55 bits per heavy atom. The molecular formula is C26H24NO4+. The molecule has 5 rings (SSSR count). The molecule has 0 aliphatic carbocycles. The fourth-order valence-corrected chi connectivity index (χ4v) is 4.34. The van der Waals surface area contributed by atoms with Crippen molar-refractivity contribution in [2.75, 3.05) is 13.8 Å². The van der Waals surface area contributed by atoms with Gasteiger partial charge >= 0.3 is 5.63 Å². The van der Waals surface area contributed by atoms with Gasteiger partial charge in [-0.25, -0.2) is 4.79 Å². The third-order valence-electron chi connectivity index (χ3n) is 5.85. The van der Waals surface area contributed by atoms with E-state index in [1.165, 1.54) is 10.5 Å². The molecule has 0 bridgehead atoms. The van der Waals surface area contributed by atoms with Gasteiger partial charge in [-0.2, -0.15) is 0 Å². The summed E-state index contributed by atoms with van der Waals surface area (Å²) in [6, 6.07) is 21.9. The van der Waals surface area contributed by atoms with Crippen LogP contribution in [-0.4, -0.2) is 13.8 Å². The molecule has 1 aromatic heterocycles. The second-order valence-electron chi connectivity index (χ2n) is 7.95. The van der Waals surface area contributed by atoms with Gasteiger partial charge in [0.05, 0.1) is 7.11 Å². The highest BCUT2D eigenvalue weighted by Crippen LogP contribution is 2.36. The molecule has 4 aromatic rings. The second kappa shape index (κ2) is 7.93. The first-order chi connectivity index (χ1) is 15.1. The van der Waals surface area contributed by atoms with Gasteiger partial charge in [-0.3, -0.25) is 4.90 Å². The van der Waals surface area contributed by atoms with E-state index >= 15 is 0 Å². The molecule has 2 heterocycles. The lowest BCUT2D eigenvalue weighted by Crippen LogP contribution is -3.10. The summed E-state index contributed by atoms with van der Waals surface area (Å²) >= 11 is 0. The first-order valence-electron chi connectivity index (χ1n) is 10.4. The van der Waals surface area contributed by atoms with E-state index in [4.69, 9.17) is 13.9 Å². The molecule has 0 saturated heterocycles. The summed E-state index contributed by atoms with van der Waals surface area (Å²) in [4.78, 5) is 13.7. The molecule has 156 valence electrons. The van der Waals surface area contributed by atoms with Crippen LogP contribution in [0.15, 0.2) is 75.9 Å². The van der Waals surface area contributed by atoms with Gasteiger partial charge in [0.25, 0.3) is 0 Å². The molecule has 5 nitrogen and oxygen atoms in total. The summed E-state index contributed by atoms with van der Waals surface area (Å²) in [7, 11) is 1.64. The van der Waals surface area contributed by atoms with E-state index in [2.05, 4.69) is 30.3 Å². The molecule has 0 fully saturated rings. The van der Waals surface area contributed by atoms with Crippen molar-refractivity contribution >= 4 is 11.0 Å². The number of ether oxygens (including phenoxy) is 2. The van der Waals surface area contributed by atoms with Gasteiger partial charge in [-0.15, -0.1) is 0 Å². The third kappa shape index (κ3) is 3.68. The number of rotatable bonds is 4. The lowest BCUT2D eigenvalue weighted by molar-refractivity contribution is -0.945. The molecule has 0 radical (unpaired) electrons. The first-order valence-corrected chi connectivity index (χ1v) is 10.4. The minimum atomic E-state index is -0.367. The SMILES string of the molecule is COc1ccc(-c2cc(=O)oc3c(C)c4c(cc23)C[NH+](Cc2ccccc2)CO4)cc1. The fraction of sp³-hybridized carbons (Fsp3) is 0.192. The Morgan fingerprint density at radius 2 is 1.81 bits per heavy atom. The number of methoxy groups -OCH3 is 1. The van der Waals surface area contributed by atoms with Crippen LogP contribution >= 0.6 is 0 Å². The zero-order chi connectivity index (χ0) is 21.4. The van der Waals surface area contributed by atoms with Crippen LogP contribution in [0.4, 0.5) is 0 Å². The van der Waals surface area contributed by atoms with Gasteiger partial charge in [0, 0.05) is 28.1 Å². The second-order valence-corrected chi connectivity index (χ2v) is 7.95. The van der Waals surface area contributed by atoms with Crippen LogP contribution in [0.1, 0.15) is 16.7 Å². The Labute approximate surface area is 180 Å². The molecule has 1 unspecified atom stereocenters. The highest BCUT2D eigenvalue weighted by molar-refractivity contribution is 5.96. The predicted octanol–water partition coefficient (Wildman–Crippen LogP) is 3.71. The van der Waals surface area contributed by atoms with E-state index in [-0.39, 0.29) is 5.63 Å². The molecule has 3 aromatic carbocycles. The number of fused-ring (bicyclic) bond motifs is 2. The quantitative estimate of drug-likeness (QED) is 0.517. The molecule has 31 heavy (non-hydrogen) atoms. The fourth-order valence-electron chi connectivity index (χ4n) is 4.34. The summed E-state index contributed by atoms with van der Waals surface area (Å²) in [5.41, 5.74) is 5.31. The normalized spacial score (nSPS) is 15.4. The van der Waals surface area contributed by atoms with Crippen molar-refractivity contribution in [2.24, 2.45) is 0 Å². The molecule has 1 aliphatic heterocycles. The van der Waals surface area contributed by atoms with Gasteiger partial charge in [-0.05, 0) is 36.2 Å². The molecule has 0 amide bonds.